The second kappa shape index (κ2) is 10.4. The van der Waals surface area contributed by atoms with Gasteiger partial charge in [-0.05, 0) is 32.8 Å². The minimum absolute atomic E-state index is 0.0778. The van der Waals surface area contributed by atoms with Gasteiger partial charge in [0.2, 0.25) is 0 Å². The van der Waals surface area contributed by atoms with E-state index in [0.29, 0.717) is 43.0 Å². The van der Waals surface area contributed by atoms with Gasteiger partial charge in [0.1, 0.15) is 5.69 Å². The van der Waals surface area contributed by atoms with Gasteiger partial charge in [0.05, 0.1) is 12.2 Å². The van der Waals surface area contributed by atoms with Gasteiger partial charge in [-0.15, -0.1) is 0 Å². The Morgan fingerprint density at radius 2 is 1.79 bits per heavy atom. The third kappa shape index (κ3) is 5.07. The third-order valence-electron chi connectivity index (χ3n) is 4.12. The lowest BCUT2D eigenvalue weighted by Crippen LogP contribution is -2.32. The van der Waals surface area contributed by atoms with Crippen LogP contribution in [0.4, 0.5) is 0 Å². The van der Waals surface area contributed by atoms with E-state index in [-0.39, 0.29) is 17.9 Å². The van der Waals surface area contributed by atoms with Crippen LogP contribution in [0.15, 0.2) is 30.3 Å². The highest BCUT2D eigenvalue weighted by Gasteiger charge is 2.29. The van der Waals surface area contributed by atoms with Crippen LogP contribution in [0, 0.1) is 6.92 Å². The third-order valence-corrected chi connectivity index (χ3v) is 4.12. The molecule has 0 fully saturated rings. The molecule has 0 aliphatic rings. The van der Waals surface area contributed by atoms with Crippen molar-refractivity contribution < 1.29 is 23.9 Å². The van der Waals surface area contributed by atoms with Gasteiger partial charge in [-0.1, -0.05) is 30.3 Å². The Hall–Kier alpha value is -2.93. The minimum atomic E-state index is -0.731. The molecule has 0 bridgehead atoms. The number of aromatic amines is 1. The molecule has 2 N–H and O–H groups in total. The number of nitrogens with one attached hydrogen (secondary N) is 2. The van der Waals surface area contributed by atoms with E-state index in [1.54, 1.807) is 38.1 Å². The number of aryl methyl sites for hydroxylation is 1. The normalized spacial score (nSPS) is 10.5. The standard InChI is InChI=1S/C21H26N2O5/c1-4-27-13-9-12-22-20(25)19(24)18-17(15-10-7-6-8-11-15)16(14(3)23-18)21(26)28-5-2/h6-8,10-11,23H,4-5,9,12-13H2,1-3H3,(H,22,25). The summed E-state index contributed by atoms with van der Waals surface area (Å²) in [7, 11) is 0. The molecule has 2 aromatic rings. The monoisotopic (exact) mass is 386 g/mol. The second-order valence-corrected chi connectivity index (χ2v) is 6.10. The van der Waals surface area contributed by atoms with Gasteiger partial charge in [0.25, 0.3) is 11.7 Å². The zero-order valence-corrected chi connectivity index (χ0v) is 16.5. The fourth-order valence-electron chi connectivity index (χ4n) is 2.86. The van der Waals surface area contributed by atoms with Crippen LogP contribution in [0.3, 0.4) is 0 Å². The number of H-pyrrole nitrogens is 1. The lowest BCUT2D eigenvalue weighted by molar-refractivity contribution is -0.117. The van der Waals surface area contributed by atoms with Gasteiger partial charge < -0.3 is 19.8 Å². The van der Waals surface area contributed by atoms with E-state index in [1.807, 2.05) is 13.0 Å². The first kappa shape index (κ1) is 21.4. The quantitative estimate of drug-likeness (QED) is 0.283. The largest absolute Gasteiger partial charge is 0.462 e. The summed E-state index contributed by atoms with van der Waals surface area (Å²) in [4.78, 5) is 40.5. The summed E-state index contributed by atoms with van der Waals surface area (Å²) in [5.74, 6) is -1.99. The fraction of sp³-hybridized carbons (Fsp3) is 0.381. The van der Waals surface area contributed by atoms with Gasteiger partial charge >= 0.3 is 5.97 Å². The zero-order chi connectivity index (χ0) is 20.5. The van der Waals surface area contributed by atoms with Crippen molar-refractivity contribution in [1.29, 1.82) is 0 Å². The Bertz CT molecular complexity index is 827. The molecule has 0 spiro atoms. The molecule has 0 saturated heterocycles. The van der Waals surface area contributed by atoms with E-state index in [2.05, 4.69) is 10.3 Å². The number of ether oxygens (including phenoxy) is 2. The van der Waals surface area contributed by atoms with Gasteiger partial charge in [-0.25, -0.2) is 4.79 Å². The van der Waals surface area contributed by atoms with Crippen molar-refractivity contribution in [3.8, 4) is 11.1 Å². The predicted molar refractivity (Wildman–Crippen MR) is 105 cm³/mol. The van der Waals surface area contributed by atoms with Crippen LogP contribution in [-0.2, 0) is 14.3 Å². The maximum absolute atomic E-state index is 12.8. The van der Waals surface area contributed by atoms with E-state index >= 15 is 0 Å². The Morgan fingerprint density at radius 1 is 1.07 bits per heavy atom. The summed E-state index contributed by atoms with van der Waals surface area (Å²) >= 11 is 0. The highest BCUT2D eigenvalue weighted by molar-refractivity contribution is 6.43. The molecule has 0 saturated carbocycles. The van der Waals surface area contributed by atoms with Crippen LogP contribution in [0.5, 0.6) is 0 Å². The van der Waals surface area contributed by atoms with Crippen molar-refractivity contribution in [3.63, 3.8) is 0 Å². The first-order valence-electron chi connectivity index (χ1n) is 9.36. The average Bonchev–Trinajstić information content (AvgIpc) is 3.05. The number of ketones is 1. The summed E-state index contributed by atoms with van der Waals surface area (Å²) in [6.07, 6.45) is 0.607. The van der Waals surface area contributed by atoms with E-state index in [4.69, 9.17) is 9.47 Å². The van der Waals surface area contributed by atoms with Crippen molar-refractivity contribution in [2.24, 2.45) is 0 Å². The van der Waals surface area contributed by atoms with Crippen LogP contribution >= 0.6 is 0 Å². The van der Waals surface area contributed by atoms with Crippen molar-refractivity contribution in [1.82, 2.24) is 10.3 Å². The summed E-state index contributed by atoms with van der Waals surface area (Å²) in [6, 6.07) is 8.99. The molecule has 1 amide bonds. The van der Waals surface area contributed by atoms with Crippen LogP contribution in [0.1, 0.15) is 46.8 Å². The Balaban J connectivity index is 2.33. The summed E-state index contributed by atoms with van der Waals surface area (Å²) in [5.41, 5.74) is 1.85. The topological polar surface area (TPSA) is 97.5 Å². The molecule has 2 rings (SSSR count). The number of aromatic nitrogens is 1. The molecule has 28 heavy (non-hydrogen) atoms. The SMILES string of the molecule is CCOCCCNC(=O)C(=O)c1[nH]c(C)c(C(=O)OCC)c1-c1ccccc1. The molecule has 1 aromatic heterocycles. The minimum Gasteiger partial charge on any atom is -0.462 e. The number of carbonyl (C=O) groups is 3. The summed E-state index contributed by atoms with van der Waals surface area (Å²) in [5, 5.41) is 2.60. The Labute approximate surface area is 164 Å². The molecule has 0 atom stereocenters. The number of benzene rings is 1. The Morgan fingerprint density at radius 3 is 2.43 bits per heavy atom. The number of rotatable bonds is 10. The molecule has 0 radical (unpaired) electrons. The van der Waals surface area contributed by atoms with Crippen molar-refractivity contribution in [2.45, 2.75) is 27.2 Å². The van der Waals surface area contributed by atoms with Crippen molar-refractivity contribution in [3.05, 3.63) is 47.3 Å². The second-order valence-electron chi connectivity index (χ2n) is 6.10. The van der Waals surface area contributed by atoms with E-state index in [9.17, 15) is 14.4 Å². The number of amides is 1. The number of Topliss-reactive ketones (excluding diaryl/α,β-unsaturated/α-hetero) is 1. The van der Waals surface area contributed by atoms with Crippen LogP contribution in [0.2, 0.25) is 0 Å². The summed E-state index contributed by atoms with van der Waals surface area (Å²) in [6.45, 7) is 6.93. The highest BCUT2D eigenvalue weighted by Crippen LogP contribution is 2.31. The molecule has 1 aromatic carbocycles. The molecular weight excluding hydrogens is 360 g/mol. The van der Waals surface area contributed by atoms with Crippen LogP contribution < -0.4 is 5.32 Å². The van der Waals surface area contributed by atoms with Gasteiger partial charge in [-0.3, -0.25) is 9.59 Å². The van der Waals surface area contributed by atoms with Crippen LogP contribution in [0.25, 0.3) is 11.1 Å². The van der Waals surface area contributed by atoms with Crippen LogP contribution in [-0.4, -0.2) is 49.0 Å². The van der Waals surface area contributed by atoms with Crippen molar-refractivity contribution >= 4 is 17.7 Å². The van der Waals surface area contributed by atoms with Gasteiger partial charge in [0, 0.05) is 31.0 Å². The molecule has 0 aliphatic heterocycles. The molecule has 0 unspecified atom stereocenters. The summed E-state index contributed by atoms with van der Waals surface area (Å²) < 4.78 is 10.4. The lowest BCUT2D eigenvalue weighted by atomic mass is 9.98. The first-order valence-corrected chi connectivity index (χ1v) is 9.36. The predicted octanol–water partition coefficient (Wildman–Crippen LogP) is 2.89. The molecular formula is C21H26N2O5. The van der Waals surface area contributed by atoms with Crippen molar-refractivity contribution in [2.75, 3.05) is 26.4 Å². The fourth-order valence-corrected chi connectivity index (χ4v) is 2.86. The number of esters is 1. The molecule has 1 heterocycles. The average molecular weight is 386 g/mol. The Kier molecular flexibility index (Phi) is 7.95. The van der Waals surface area contributed by atoms with Gasteiger partial charge in [-0.2, -0.15) is 0 Å². The van der Waals surface area contributed by atoms with E-state index in [0.717, 1.165) is 0 Å². The maximum Gasteiger partial charge on any atom is 0.340 e. The number of hydrogen-bond acceptors (Lipinski definition) is 5. The van der Waals surface area contributed by atoms with E-state index in [1.165, 1.54) is 0 Å². The zero-order valence-electron chi connectivity index (χ0n) is 16.5. The molecule has 0 aliphatic carbocycles. The lowest BCUT2D eigenvalue weighted by Gasteiger charge is -2.08. The smallest absolute Gasteiger partial charge is 0.340 e. The molecule has 150 valence electrons. The molecule has 7 heteroatoms. The van der Waals surface area contributed by atoms with Gasteiger partial charge in [0.15, 0.2) is 0 Å². The van der Waals surface area contributed by atoms with E-state index < -0.39 is 17.7 Å². The molecule has 7 nitrogen and oxygen atoms in total. The number of hydrogen-bond donors (Lipinski definition) is 2. The highest BCUT2D eigenvalue weighted by atomic mass is 16.5. The maximum atomic E-state index is 12.8. The number of carbonyl (C=O) groups excluding carboxylic acids is 3. The first-order chi connectivity index (χ1) is 13.5.